The van der Waals surface area contributed by atoms with Crippen LogP contribution in [-0.4, -0.2) is 86.1 Å². The molecule has 2 aliphatic rings. The van der Waals surface area contributed by atoms with Gasteiger partial charge in [0.05, 0.1) is 12.2 Å². The molecule has 174 valence electrons. The molecule has 6 heteroatoms. The van der Waals surface area contributed by atoms with Crippen molar-refractivity contribution in [3.8, 4) is 5.75 Å². The van der Waals surface area contributed by atoms with Gasteiger partial charge in [0, 0.05) is 64.7 Å². The number of benzene rings is 2. The lowest BCUT2D eigenvalue weighted by molar-refractivity contribution is 0.00978. The lowest BCUT2D eigenvalue weighted by Gasteiger charge is -2.39. The molecular weight excluding hydrogens is 402 g/mol. The summed E-state index contributed by atoms with van der Waals surface area (Å²) in [7, 11) is 0. The fourth-order valence-corrected chi connectivity index (χ4v) is 4.74. The van der Waals surface area contributed by atoms with Gasteiger partial charge in [0.1, 0.15) is 12.4 Å². The number of hydrogen-bond donors (Lipinski definition) is 1. The molecule has 32 heavy (non-hydrogen) atoms. The van der Waals surface area contributed by atoms with Gasteiger partial charge < -0.3 is 19.5 Å². The van der Waals surface area contributed by atoms with Gasteiger partial charge in [-0.3, -0.25) is 9.80 Å². The molecule has 0 bridgehead atoms. The number of ether oxygens (including phenoxy) is 2. The van der Waals surface area contributed by atoms with Crippen molar-refractivity contribution in [1.29, 1.82) is 0 Å². The van der Waals surface area contributed by atoms with Crippen molar-refractivity contribution in [2.45, 2.75) is 25.5 Å². The third-order valence-electron chi connectivity index (χ3n) is 6.45. The number of rotatable bonds is 10. The van der Waals surface area contributed by atoms with Crippen molar-refractivity contribution in [3.63, 3.8) is 0 Å². The van der Waals surface area contributed by atoms with Gasteiger partial charge in [-0.2, -0.15) is 0 Å². The lowest BCUT2D eigenvalue weighted by Crippen LogP contribution is -2.52. The predicted molar refractivity (Wildman–Crippen MR) is 128 cm³/mol. The number of aliphatic hydroxyl groups is 1. The second-order valence-electron chi connectivity index (χ2n) is 8.97. The van der Waals surface area contributed by atoms with E-state index in [1.165, 1.54) is 11.3 Å². The normalized spacial score (nSPS) is 22.4. The molecule has 2 aliphatic heterocycles. The van der Waals surface area contributed by atoms with Gasteiger partial charge in [0.15, 0.2) is 0 Å². The monoisotopic (exact) mass is 439 g/mol. The van der Waals surface area contributed by atoms with Crippen molar-refractivity contribution >= 4 is 5.69 Å². The number of β-amino-alcohol motifs (C(OH)–C–C–N with tert-alkyl or cyclic N) is 1. The highest BCUT2D eigenvalue weighted by atomic mass is 16.5. The average Bonchev–Trinajstić information content (AvgIpc) is 3.19. The molecule has 0 spiro atoms. The maximum Gasteiger partial charge on any atom is 0.119 e. The highest BCUT2D eigenvalue weighted by Gasteiger charge is 2.38. The zero-order chi connectivity index (χ0) is 22.2. The van der Waals surface area contributed by atoms with E-state index in [1.54, 1.807) is 0 Å². The van der Waals surface area contributed by atoms with E-state index in [4.69, 9.17) is 9.47 Å². The SMILES string of the molecule is CCOCCOc1ccc(CN2CC[C@](O)(CN3CCN(c4ccccc4)CC3)C2)cc1. The third-order valence-corrected chi connectivity index (χ3v) is 6.45. The molecule has 2 heterocycles. The van der Waals surface area contributed by atoms with Gasteiger partial charge in [-0.05, 0) is 43.2 Å². The quantitative estimate of drug-likeness (QED) is 0.575. The number of nitrogens with zero attached hydrogens (tertiary/aromatic N) is 3. The van der Waals surface area contributed by atoms with E-state index in [1.807, 2.05) is 19.1 Å². The molecule has 0 radical (unpaired) electrons. The van der Waals surface area contributed by atoms with Crippen LogP contribution in [-0.2, 0) is 11.3 Å². The Hall–Kier alpha value is -2.12. The molecule has 0 aromatic heterocycles. The van der Waals surface area contributed by atoms with Crippen LogP contribution >= 0.6 is 0 Å². The summed E-state index contributed by atoms with van der Waals surface area (Å²) in [5, 5.41) is 11.2. The molecule has 0 unspecified atom stereocenters. The Balaban J connectivity index is 1.20. The Morgan fingerprint density at radius 3 is 2.34 bits per heavy atom. The van der Waals surface area contributed by atoms with Crippen LogP contribution in [0.4, 0.5) is 5.69 Å². The van der Waals surface area contributed by atoms with Crippen LogP contribution in [0.25, 0.3) is 0 Å². The first kappa shape index (κ1) is 23.1. The highest BCUT2D eigenvalue weighted by Crippen LogP contribution is 2.26. The maximum absolute atomic E-state index is 11.2. The van der Waals surface area contributed by atoms with Crippen molar-refractivity contribution in [3.05, 3.63) is 60.2 Å². The summed E-state index contributed by atoms with van der Waals surface area (Å²) < 4.78 is 11.0. The smallest absolute Gasteiger partial charge is 0.119 e. The molecule has 0 aliphatic carbocycles. The summed E-state index contributed by atoms with van der Waals surface area (Å²) in [4.78, 5) is 7.23. The van der Waals surface area contributed by atoms with E-state index >= 15 is 0 Å². The predicted octanol–water partition coefficient (Wildman–Crippen LogP) is 2.86. The fraction of sp³-hybridized carbons (Fsp3) is 0.538. The average molecular weight is 440 g/mol. The van der Waals surface area contributed by atoms with E-state index < -0.39 is 5.60 Å². The topological polar surface area (TPSA) is 48.4 Å². The summed E-state index contributed by atoms with van der Waals surface area (Å²) >= 11 is 0. The van der Waals surface area contributed by atoms with Crippen molar-refractivity contribution in [2.75, 3.05) is 70.5 Å². The summed E-state index contributed by atoms with van der Waals surface area (Å²) in [6.45, 7) is 11.2. The van der Waals surface area contributed by atoms with Crippen LogP contribution in [0.2, 0.25) is 0 Å². The van der Waals surface area contributed by atoms with Crippen LogP contribution < -0.4 is 9.64 Å². The molecule has 2 saturated heterocycles. The number of likely N-dealkylation sites (tertiary alicyclic amines) is 1. The molecule has 2 aromatic carbocycles. The Bertz CT molecular complexity index is 809. The zero-order valence-electron chi connectivity index (χ0n) is 19.3. The summed E-state index contributed by atoms with van der Waals surface area (Å²) in [5.74, 6) is 0.876. The molecule has 2 aromatic rings. The zero-order valence-corrected chi connectivity index (χ0v) is 19.3. The number of piperazine rings is 1. The summed E-state index contributed by atoms with van der Waals surface area (Å²) in [6, 6.07) is 18.9. The van der Waals surface area contributed by atoms with Gasteiger partial charge in [0.25, 0.3) is 0 Å². The molecule has 0 amide bonds. The van der Waals surface area contributed by atoms with Crippen LogP contribution in [0.5, 0.6) is 5.75 Å². The van der Waals surface area contributed by atoms with Gasteiger partial charge in [0.2, 0.25) is 0 Å². The molecule has 1 atom stereocenters. The lowest BCUT2D eigenvalue weighted by atomic mass is 10.0. The molecule has 2 fully saturated rings. The van der Waals surface area contributed by atoms with Gasteiger partial charge in [-0.15, -0.1) is 0 Å². The van der Waals surface area contributed by atoms with E-state index in [0.29, 0.717) is 19.8 Å². The second-order valence-corrected chi connectivity index (χ2v) is 8.97. The number of hydrogen-bond acceptors (Lipinski definition) is 6. The van der Waals surface area contributed by atoms with Crippen LogP contribution in [0.1, 0.15) is 18.9 Å². The third kappa shape index (κ3) is 6.45. The molecule has 6 nitrogen and oxygen atoms in total. The van der Waals surface area contributed by atoms with Gasteiger partial charge in [-0.1, -0.05) is 30.3 Å². The number of para-hydroxylation sites is 1. The Morgan fingerprint density at radius 1 is 0.875 bits per heavy atom. The standard InChI is InChI=1S/C26H37N3O3/c1-2-31-18-19-32-25-10-8-23(9-11-25)20-28-13-12-26(30,22-28)21-27-14-16-29(17-15-27)24-6-4-3-5-7-24/h3-11,30H,2,12-22H2,1H3/t26-/m0/s1. The van der Waals surface area contributed by atoms with E-state index in [2.05, 4.69) is 57.2 Å². The molecular formula is C26H37N3O3. The molecule has 4 rings (SSSR count). The van der Waals surface area contributed by atoms with E-state index in [9.17, 15) is 5.11 Å². The maximum atomic E-state index is 11.2. The van der Waals surface area contributed by atoms with Crippen molar-refractivity contribution < 1.29 is 14.6 Å². The summed E-state index contributed by atoms with van der Waals surface area (Å²) in [6.07, 6.45) is 0.838. The largest absolute Gasteiger partial charge is 0.491 e. The van der Waals surface area contributed by atoms with Crippen LogP contribution in [0, 0.1) is 0 Å². The molecule has 0 saturated carbocycles. The first-order valence-corrected chi connectivity index (χ1v) is 11.9. The van der Waals surface area contributed by atoms with E-state index in [-0.39, 0.29) is 0 Å². The Kier molecular flexibility index (Phi) is 8.03. The Morgan fingerprint density at radius 2 is 1.62 bits per heavy atom. The van der Waals surface area contributed by atoms with Gasteiger partial charge >= 0.3 is 0 Å². The van der Waals surface area contributed by atoms with Gasteiger partial charge in [-0.25, -0.2) is 0 Å². The molecule has 1 N–H and O–H groups in total. The highest BCUT2D eigenvalue weighted by molar-refractivity contribution is 5.46. The summed E-state index contributed by atoms with van der Waals surface area (Å²) in [5.41, 5.74) is 1.93. The Labute approximate surface area is 192 Å². The minimum absolute atomic E-state index is 0.575. The minimum Gasteiger partial charge on any atom is -0.491 e. The van der Waals surface area contributed by atoms with Crippen LogP contribution in [0.15, 0.2) is 54.6 Å². The van der Waals surface area contributed by atoms with Crippen LogP contribution in [0.3, 0.4) is 0 Å². The minimum atomic E-state index is -0.614. The fourth-order valence-electron chi connectivity index (χ4n) is 4.74. The first-order valence-electron chi connectivity index (χ1n) is 11.9. The van der Waals surface area contributed by atoms with E-state index in [0.717, 1.165) is 64.5 Å². The number of anilines is 1. The van der Waals surface area contributed by atoms with Crippen molar-refractivity contribution in [2.24, 2.45) is 0 Å². The second kappa shape index (κ2) is 11.1. The van der Waals surface area contributed by atoms with Crippen molar-refractivity contribution in [1.82, 2.24) is 9.80 Å². The first-order chi connectivity index (χ1) is 15.6.